The van der Waals surface area contributed by atoms with Crippen LogP contribution in [0, 0.1) is 12.7 Å². The fourth-order valence-corrected chi connectivity index (χ4v) is 2.93. The van der Waals surface area contributed by atoms with Crippen molar-refractivity contribution >= 4 is 11.0 Å². The second kappa shape index (κ2) is 6.22. The Hall–Kier alpha value is -3.16. The van der Waals surface area contributed by atoms with Crippen LogP contribution in [0.2, 0.25) is 0 Å². The number of pyridine rings is 1. The lowest BCUT2D eigenvalue weighted by atomic mass is 10.0. The topological polar surface area (TPSA) is 56.7 Å². The molecule has 0 fully saturated rings. The highest BCUT2D eigenvalue weighted by atomic mass is 19.3. The van der Waals surface area contributed by atoms with Crippen molar-refractivity contribution in [1.29, 1.82) is 0 Å². The summed E-state index contributed by atoms with van der Waals surface area (Å²) in [6.45, 7) is 2.85. The molecule has 1 aromatic carbocycles. The number of fused-ring (bicyclic) bond motifs is 1. The minimum atomic E-state index is -3.27. The van der Waals surface area contributed by atoms with E-state index in [1.54, 1.807) is 36.1 Å². The number of halogens is 3. The first-order valence-electron chi connectivity index (χ1n) is 8.23. The Morgan fingerprint density at radius 1 is 1.11 bits per heavy atom. The molecule has 0 atom stereocenters. The third-order valence-corrected chi connectivity index (χ3v) is 4.26. The van der Waals surface area contributed by atoms with E-state index in [-0.39, 0.29) is 0 Å². The summed E-state index contributed by atoms with van der Waals surface area (Å²) in [6, 6.07) is 7.24. The van der Waals surface area contributed by atoms with Crippen LogP contribution in [0.4, 0.5) is 13.2 Å². The van der Waals surface area contributed by atoms with Crippen molar-refractivity contribution in [1.82, 2.24) is 19.9 Å². The molecule has 4 aromatic rings. The average molecular weight is 372 g/mol. The first-order chi connectivity index (χ1) is 12.8. The fourth-order valence-electron chi connectivity index (χ4n) is 2.93. The van der Waals surface area contributed by atoms with Crippen molar-refractivity contribution in [3.05, 3.63) is 65.6 Å². The summed E-state index contributed by atoms with van der Waals surface area (Å²) < 4.78 is 47.8. The van der Waals surface area contributed by atoms with Gasteiger partial charge >= 0.3 is 0 Å². The Morgan fingerprint density at radius 2 is 1.93 bits per heavy atom. The number of aromatic nitrogens is 4. The van der Waals surface area contributed by atoms with Crippen molar-refractivity contribution in [2.45, 2.75) is 26.3 Å². The molecule has 0 radical (unpaired) electrons. The minimum absolute atomic E-state index is 0.383. The molecule has 0 aliphatic carbocycles. The molecular formula is C19H15F3N4O. The van der Waals surface area contributed by atoms with Crippen molar-refractivity contribution in [2.75, 3.05) is 0 Å². The summed E-state index contributed by atoms with van der Waals surface area (Å²) in [6.07, 6.45) is 3.17. The third-order valence-electron chi connectivity index (χ3n) is 4.26. The Morgan fingerprint density at radius 3 is 2.63 bits per heavy atom. The molecule has 0 spiro atoms. The maximum Gasteiger partial charge on any atom is 0.273 e. The maximum atomic E-state index is 13.8. The van der Waals surface area contributed by atoms with Gasteiger partial charge in [0.25, 0.3) is 5.92 Å². The smallest absolute Gasteiger partial charge is 0.273 e. The van der Waals surface area contributed by atoms with Crippen LogP contribution >= 0.6 is 0 Å². The van der Waals surface area contributed by atoms with E-state index in [4.69, 9.17) is 4.52 Å². The number of hydrogen-bond donors (Lipinski definition) is 0. The standard InChI is InChI=1S/C19H15F3N4O/c1-11-5-14(25-27-11)10-26-18-7-13(8-23-17(18)9-24-26)12-3-4-16(20)15(6-12)19(2,21)22/h3-9H,10H2,1-2H3. The molecule has 8 heteroatoms. The van der Waals surface area contributed by atoms with Crippen LogP contribution in [-0.2, 0) is 12.5 Å². The first-order valence-corrected chi connectivity index (χ1v) is 8.23. The van der Waals surface area contributed by atoms with Gasteiger partial charge in [0.2, 0.25) is 0 Å². The van der Waals surface area contributed by atoms with Crippen LogP contribution in [0.25, 0.3) is 22.2 Å². The van der Waals surface area contributed by atoms with Gasteiger partial charge in [-0.15, -0.1) is 0 Å². The number of nitrogens with zero attached hydrogens (tertiary/aromatic N) is 4. The number of benzene rings is 1. The molecule has 3 heterocycles. The van der Waals surface area contributed by atoms with E-state index in [0.29, 0.717) is 47.1 Å². The lowest BCUT2D eigenvalue weighted by molar-refractivity contribution is 0.0138. The molecule has 0 N–H and O–H groups in total. The Bertz CT molecular complexity index is 1130. The summed E-state index contributed by atoms with van der Waals surface area (Å²) in [5.41, 5.74) is 2.46. The van der Waals surface area contributed by atoms with Gasteiger partial charge in [-0.3, -0.25) is 9.67 Å². The molecular weight excluding hydrogens is 357 g/mol. The molecule has 27 heavy (non-hydrogen) atoms. The van der Waals surface area contributed by atoms with Crippen molar-refractivity contribution < 1.29 is 17.7 Å². The van der Waals surface area contributed by atoms with E-state index in [2.05, 4.69) is 15.2 Å². The predicted molar refractivity (Wildman–Crippen MR) is 92.8 cm³/mol. The van der Waals surface area contributed by atoms with Crippen LogP contribution in [0.5, 0.6) is 0 Å². The van der Waals surface area contributed by atoms with Gasteiger partial charge in [0.1, 0.15) is 22.8 Å². The van der Waals surface area contributed by atoms with Crippen molar-refractivity contribution in [2.24, 2.45) is 0 Å². The normalized spacial score (nSPS) is 12.0. The monoisotopic (exact) mass is 372 g/mol. The summed E-state index contributed by atoms with van der Waals surface area (Å²) in [5.74, 6) is -3.52. The Labute approximate surface area is 152 Å². The van der Waals surface area contributed by atoms with Gasteiger partial charge in [-0.1, -0.05) is 11.2 Å². The van der Waals surface area contributed by atoms with E-state index < -0.39 is 17.3 Å². The second-order valence-corrected chi connectivity index (χ2v) is 6.44. The summed E-state index contributed by atoms with van der Waals surface area (Å²) >= 11 is 0. The van der Waals surface area contributed by atoms with Gasteiger partial charge in [-0.25, -0.2) is 13.2 Å². The number of rotatable bonds is 4. The molecule has 0 bridgehead atoms. The van der Waals surface area contributed by atoms with E-state index in [1.807, 2.05) is 0 Å². The van der Waals surface area contributed by atoms with Gasteiger partial charge in [-0.2, -0.15) is 5.10 Å². The lowest BCUT2D eigenvalue weighted by Gasteiger charge is -2.13. The van der Waals surface area contributed by atoms with Gasteiger partial charge in [0, 0.05) is 24.8 Å². The van der Waals surface area contributed by atoms with E-state index in [0.717, 1.165) is 12.1 Å². The molecule has 0 aliphatic heterocycles. The number of aryl methyl sites for hydroxylation is 1. The predicted octanol–water partition coefficient (Wildman–Crippen LogP) is 4.69. The third kappa shape index (κ3) is 3.30. The maximum absolute atomic E-state index is 13.8. The molecule has 0 aliphatic rings. The fraction of sp³-hybridized carbons (Fsp3) is 0.211. The van der Waals surface area contributed by atoms with Crippen LogP contribution in [0.15, 0.2) is 47.2 Å². The van der Waals surface area contributed by atoms with Crippen LogP contribution < -0.4 is 0 Å². The van der Waals surface area contributed by atoms with Crippen molar-refractivity contribution in [3.8, 4) is 11.1 Å². The molecule has 4 rings (SSSR count). The van der Waals surface area contributed by atoms with Crippen LogP contribution in [0.1, 0.15) is 23.9 Å². The number of hydrogen-bond acceptors (Lipinski definition) is 4. The first kappa shape index (κ1) is 17.3. The van der Waals surface area contributed by atoms with Gasteiger partial charge in [0.05, 0.1) is 23.8 Å². The molecule has 0 unspecified atom stereocenters. The Balaban J connectivity index is 1.76. The van der Waals surface area contributed by atoms with E-state index >= 15 is 0 Å². The van der Waals surface area contributed by atoms with Crippen LogP contribution in [-0.4, -0.2) is 19.9 Å². The largest absolute Gasteiger partial charge is 0.361 e. The highest BCUT2D eigenvalue weighted by molar-refractivity contribution is 5.80. The zero-order valence-electron chi connectivity index (χ0n) is 14.6. The van der Waals surface area contributed by atoms with Crippen molar-refractivity contribution in [3.63, 3.8) is 0 Å². The quantitative estimate of drug-likeness (QED) is 0.521. The SMILES string of the molecule is Cc1cc(Cn2ncc3ncc(-c4ccc(F)c(C(C)(F)F)c4)cc32)no1. The van der Waals surface area contributed by atoms with Gasteiger partial charge in [-0.05, 0) is 30.7 Å². The van der Waals surface area contributed by atoms with Crippen LogP contribution in [0.3, 0.4) is 0 Å². The molecule has 5 nitrogen and oxygen atoms in total. The summed E-state index contributed by atoms with van der Waals surface area (Å²) in [5, 5.41) is 8.24. The number of alkyl halides is 2. The molecule has 138 valence electrons. The second-order valence-electron chi connectivity index (χ2n) is 6.44. The molecule has 0 saturated carbocycles. The molecule has 3 aromatic heterocycles. The zero-order chi connectivity index (χ0) is 19.2. The minimum Gasteiger partial charge on any atom is -0.361 e. The molecule has 0 saturated heterocycles. The Kier molecular flexibility index (Phi) is 3.98. The summed E-state index contributed by atoms with van der Waals surface area (Å²) in [4.78, 5) is 4.33. The van der Waals surface area contributed by atoms with Gasteiger partial charge in [0.15, 0.2) is 0 Å². The van der Waals surface area contributed by atoms with Gasteiger partial charge < -0.3 is 4.52 Å². The molecule has 0 amide bonds. The highest BCUT2D eigenvalue weighted by Crippen LogP contribution is 2.33. The lowest BCUT2D eigenvalue weighted by Crippen LogP contribution is -2.10. The zero-order valence-corrected chi connectivity index (χ0v) is 14.6. The van der Waals surface area contributed by atoms with E-state index in [9.17, 15) is 13.2 Å². The highest BCUT2D eigenvalue weighted by Gasteiger charge is 2.28. The summed E-state index contributed by atoms with van der Waals surface area (Å²) in [7, 11) is 0. The van der Waals surface area contributed by atoms with E-state index in [1.165, 1.54) is 6.07 Å². The average Bonchev–Trinajstić information content (AvgIpc) is 3.20.